The molecule has 1 aliphatic rings. The van der Waals surface area contributed by atoms with Gasteiger partial charge < -0.3 is 4.90 Å². The number of carbonyl (C=O) groups is 1. The third-order valence-electron chi connectivity index (χ3n) is 3.51. The average molecular weight is 251 g/mol. The van der Waals surface area contributed by atoms with E-state index in [-0.39, 0.29) is 5.91 Å². The Labute approximate surface area is 108 Å². The maximum absolute atomic E-state index is 12.3. The zero-order valence-electron chi connectivity index (χ0n) is 10.9. The molecule has 1 saturated heterocycles. The maximum atomic E-state index is 12.3. The van der Waals surface area contributed by atoms with Crippen molar-refractivity contribution in [2.45, 2.75) is 39.5 Å². The van der Waals surface area contributed by atoms with Crippen LogP contribution in [0.4, 0.5) is 0 Å². The molecule has 0 spiro atoms. The van der Waals surface area contributed by atoms with Crippen molar-refractivity contribution in [2.75, 3.05) is 13.1 Å². The Hall–Kier alpha value is -0.830. The number of hydrogen-bond acceptors (Lipinski definition) is 2. The van der Waals surface area contributed by atoms with Gasteiger partial charge in [-0.3, -0.25) is 4.79 Å². The van der Waals surface area contributed by atoms with Crippen LogP contribution in [0.5, 0.6) is 0 Å². The molecule has 94 valence electrons. The smallest absolute Gasteiger partial charge is 0.254 e. The molecule has 1 aliphatic heterocycles. The summed E-state index contributed by atoms with van der Waals surface area (Å²) in [4.78, 5) is 15.6. The molecular weight excluding hydrogens is 230 g/mol. The molecule has 0 aliphatic carbocycles. The zero-order valence-corrected chi connectivity index (χ0v) is 11.7. The summed E-state index contributed by atoms with van der Waals surface area (Å²) in [5.41, 5.74) is 0.883. The summed E-state index contributed by atoms with van der Waals surface area (Å²) in [5, 5.41) is 2.01. The van der Waals surface area contributed by atoms with E-state index in [1.54, 1.807) is 11.3 Å². The first-order valence-electron chi connectivity index (χ1n) is 6.45. The first kappa shape index (κ1) is 12.6. The van der Waals surface area contributed by atoms with Crippen molar-refractivity contribution >= 4 is 17.2 Å². The number of amides is 1. The molecule has 0 unspecified atom stereocenters. The van der Waals surface area contributed by atoms with Crippen LogP contribution in [-0.2, 0) is 0 Å². The van der Waals surface area contributed by atoms with E-state index >= 15 is 0 Å². The molecule has 3 heteroatoms. The molecule has 2 heterocycles. The SMILES string of the molecule is CC1CCN(C(=O)c2csc(C(C)C)c2)CC1. The van der Waals surface area contributed by atoms with Crippen molar-refractivity contribution in [3.63, 3.8) is 0 Å². The highest BCUT2D eigenvalue weighted by Crippen LogP contribution is 2.25. The van der Waals surface area contributed by atoms with Gasteiger partial charge in [0.1, 0.15) is 0 Å². The normalized spacial score (nSPS) is 17.8. The van der Waals surface area contributed by atoms with Crippen LogP contribution in [0.2, 0.25) is 0 Å². The van der Waals surface area contributed by atoms with Gasteiger partial charge in [0.2, 0.25) is 0 Å². The van der Waals surface area contributed by atoms with E-state index in [0.717, 1.165) is 37.4 Å². The van der Waals surface area contributed by atoms with Crippen LogP contribution in [0.15, 0.2) is 11.4 Å². The second-order valence-corrected chi connectivity index (χ2v) is 6.31. The molecule has 1 aromatic rings. The lowest BCUT2D eigenvalue weighted by Gasteiger charge is -2.30. The zero-order chi connectivity index (χ0) is 12.4. The van der Waals surface area contributed by atoms with Crippen molar-refractivity contribution in [2.24, 2.45) is 5.92 Å². The maximum Gasteiger partial charge on any atom is 0.254 e. The minimum absolute atomic E-state index is 0.222. The van der Waals surface area contributed by atoms with E-state index in [1.807, 2.05) is 10.3 Å². The first-order valence-corrected chi connectivity index (χ1v) is 7.33. The van der Waals surface area contributed by atoms with Gasteiger partial charge in [-0.15, -0.1) is 11.3 Å². The highest BCUT2D eigenvalue weighted by molar-refractivity contribution is 7.10. The lowest BCUT2D eigenvalue weighted by Crippen LogP contribution is -2.37. The Bertz CT molecular complexity index is 389. The van der Waals surface area contributed by atoms with Crippen LogP contribution in [-0.4, -0.2) is 23.9 Å². The summed E-state index contributed by atoms with van der Waals surface area (Å²) < 4.78 is 0. The van der Waals surface area contributed by atoms with Crippen molar-refractivity contribution in [3.05, 3.63) is 21.9 Å². The monoisotopic (exact) mass is 251 g/mol. The van der Waals surface area contributed by atoms with E-state index in [4.69, 9.17) is 0 Å². The van der Waals surface area contributed by atoms with E-state index in [9.17, 15) is 4.79 Å². The van der Waals surface area contributed by atoms with Crippen LogP contribution >= 0.6 is 11.3 Å². The summed E-state index contributed by atoms with van der Waals surface area (Å²) in [6.45, 7) is 8.45. The van der Waals surface area contributed by atoms with Crippen LogP contribution in [0.25, 0.3) is 0 Å². The van der Waals surface area contributed by atoms with E-state index in [1.165, 1.54) is 4.88 Å². The van der Waals surface area contributed by atoms with Crippen molar-refractivity contribution in [1.82, 2.24) is 4.90 Å². The van der Waals surface area contributed by atoms with Gasteiger partial charge in [-0.05, 0) is 30.7 Å². The van der Waals surface area contributed by atoms with Crippen molar-refractivity contribution < 1.29 is 4.79 Å². The number of piperidine rings is 1. The average Bonchev–Trinajstić information content (AvgIpc) is 2.78. The molecule has 0 radical (unpaired) electrons. The van der Waals surface area contributed by atoms with Gasteiger partial charge in [0.05, 0.1) is 5.56 Å². The van der Waals surface area contributed by atoms with Gasteiger partial charge in [-0.2, -0.15) is 0 Å². The molecule has 0 saturated carbocycles. The third-order valence-corrected chi connectivity index (χ3v) is 4.74. The van der Waals surface area contributed by atoms with Crippen molar-refractivity contribution in [1.29, 1.82) is 0 Å². The Morgan fingerprint density at radius 3 is 2.59 bits per heavy atom. The number of carbonyl (C=O) groups excluding carboxylic acids is 1. The van der Waals surface area contributed by atoms with Crippen LogP contribution in [0.1, 0.15) is 54.8 Å². The molecule has 0 bridgehead atoms. The second-order valence-electron chi connectivity index (χ2n) is 5.37. The molecular formula is C14H21NOS. The number of hydrogen-bond donors (Lipinski definition) is 0. The fourth-order valence-corrected chi connectivity index (χ4v) is 3.06. The Morgan fingerprint density at radius 1 is 1.41 bits per heavy atom. The van der Waals surface area contributed by atoms with Crippen molar-refractivity contribution in [3.8, 4) is 0 Å². The molecule has 2 rings (SSSR count). The Morgan fingerprint density at radius 2 is 2.06 bits per heavy atom. The lowest BCUT2D eigenvalue weighted by atomic mass is 9.99. The molecule has 1 amide bonds. The quantitative estimate of drug-likeness (QED) is 0.784. The van der Waals surface area contributed by atoms with Gasteiger partial charge in [-0.1, -0.05) is 20.8 Å². The standard InChI is InChI=1S/C14H21NOS/c1-10(2)13-8-12(9-17-13)14(16)15-6-4-11(3)5-7-15/h8-11H,4-7H2,1-3H3. The Kier molecular flexibility index (Phi) is 3.87. The third kappa shape index (κ3) is 2.89. The summed E-state index contributed by atoms with van der Waals surface area (Å²) >= 11 is 1.70. The number of thiophene rings is 1. The summed E-state index contributed by atoms with van der Waals surface area (Å²) in [5.74, 6) is 1.51. The fraction of sp³-hybridized carbons (Fsp3) is 0.643. The minimum atomic E-state index is 0.222. The van der Waals surface area contributed by atoms with Crippen LogP contribution in [0, 0.1) is 5.92 Å². The predicted octanol–water partition coefficient (Wildman–Crippen LogP) is 3.74. The van der Waals surface area contributed by atoms with Crippen LogP contribution < -0.4 is 0 Å². The minimum Gasteiger partial charge on any atom is -0.339 e. The molecule has 0 aromatic carbocycles. The molecule has 2 nitrogen and oxygen atoms in total. The van der Waals surface area contributed by atoms with Gasteiger partial charge in [0.25, 0.3) is 5.91 Å². The highest BCUT2D eigenvalue weighted by Gasteiger charge is 2.22. The summed E-state index contributed by atoms with van der Waals surface area (Å²) in [7, 11) is 0. The number of rotatable bonds is 2. The van der Waals surface area contributed by atoms with Gasteiger partial charge in [0, 0.05) is 23.3 Å². The molecule has 0 N–H and O–H groups in total. The number of nitrogens with zero attached hydrogens (tertiary/aromatic N) is 1. The van der Waals surface area contributed by atoms with E-state index < -0.39 is 0 Å². The predicted molar refractivity (Wildman–Crippen MR) is 72.7 cm³/mol. The molecule has 1 fully saturated rings. The molecule has 1 aromatic heterocycles. The fourth-order valence-electron chi connectivity index (χ4n) is 2.16. The summed E-state index contributed by atoms with van der Waals surface area (Å²) in [6, 6.07) is 2.07. The second kappa shape index (κ2) is 5.21. The van der Waals surface area contributed by atoms with E-state index in [2.05, 4.69) is 26.8 Å². The van der Waals surface area contributed by atoms with E-state index in [0.29, 0.717) is 5.92 Å². The highest BCUT2D eigenvalue weighted by atomic mass is 32.1. The Balaban J connectivity index is 2.03. The molecule has 0 atom stereocenters. The first-order chi connectivity index (χ1) is 8.08. The topological polar surface area (TPSA) is 20.3 Å². The lowest BCUT2D eigenvalue weighted by molar-refractivity contribution is 0.0698. The van der Waals surface area contributed by atoms with Gasteiger partial charge in [0.15, 0.2) is 0 Å². The van der Waals surface area contributed by atoms with Gasteiger partial charge >= 0.3 is 0 Å². The number of likely N-dealkylation sites (tertiary alicyclic amines) is 1. The summed E-state index contributed by atoms with van der Waals surface area (Å²) in [6.07, 6.45) is 2.29. The van der Waals surface area contributed by atoms with Crippen LogP contribution in [0.3, 0.4) is 0 Å². The largest absolute Gasteiger partial charge is 0.339 e. The van der Waals surface area contributed by atoms with Gasteiger partial charge in [-0.25, -0.2) is 0 Å². The molecule has 17 heavy (non-hydrogen) atoms.